The molecule has 2 unspecified atom stereocenters. The van der Waals surface area contributed by atoms with Crippen molar-refractivity contribution in [2.45, 2.75) is 79.9 Å². The van der Waals surface area contributed by atoms with Gasteiger partial charge in [0.15, 0.2) is 0 Å². The van der Waals surface area contributed by atoms with E-state index in [0.717, 1.165) is 32.1 Å². The maximum absolute atomic E-state index is 14.1. The van der Waals surface area contributed by atoms with Gasteiger partial charge in [0.1, 0.15) is 6.04 Å². The molecule has 3 aliphatic heterocycles. The molecule has 4 aliphatic rings. The van der Waals surface area contributed by atoms with Gasteiger partial charge < -0.3 is 20.0 Å². The zero-order valence-electron chi connectivity index (χ0n) is 18.1. The third kappa shape index (κ3) is 3.69. The number of hydrogen-bond acceptors (Lipinski definition) is 5. The molecule has 1 aliphatic carbocycles. The topological polar surface area (TPSA) is 98.2 Å². The lowest BCUT2D eigenvalue weighted by atomic mass is 9.71. The molecule has 3 heterocycles. The van der Waals surface area contributed by atoms with Crippen molar-refractivity contribution in [3.8, 4) is 0 Å². The molecular weight excluding hydrogens is 416 g/mol. The first-order valence-electron chi connectivity index (χ1n) is 11.7. The van der Waals surface area contributed by atoms with Gasteiger partial charge >= 0.3 is 5.97 Å². The molecule has 5 atom stereocenters. The quantitative estimate of drug-likeness (QED) is 0.413. The number of likely N-dealkylation sites (tertiary alicyclic amines) is 1. The molecule has 0 aromatic heterocycles. The van der Waals surface area contributed by atoms with Crippen molar-refractivity contribution in [2.75, 3.05) is 19.7 Å². The number of thioether (sulfide) groups is 1. The second kappa shape index (κ2) is 9.14. The van der Waals surface area contributed by atoms with Crippen LogP contribution >= 0.6 is 11.8 Å². The highest BCUT2D eigenvalue weighted by Gasteiger charge is 2.74. The lowest BCUT2D eigenvalue weighted by Gasteiger charge is -2.41. The van der Waals surface area contributed by atoms with E-state index in [2.05, 4.69) is 6.58 Å². The predicted octanol–water partition coefficient (Wildman–Crippen LogP) is 2.28. The molecule has 172 valence electrons. The fourth-order valence-electron chi connectivity index (χ4n) is 6.46. The first-order chi connectivity index (χ1) is 15.0. The minimum Gasteiger partial charge on any atom is -0.481 e. The van der Waals surface area contributed by atoms with Gasteiger partial charge in [-0.25, -0.2) is 0 Å². The van der Waals surface area contributed by atoms with Crippen LogP contribution in [0.25, 0.3) is 0 Å². The number of fused-ring (bicyclic) bond motifs is 1. The Balaban J connectivity index is 1.69. The van der Waals surface area contributed by atoms with E-state index < -0.39 is 28.6 Å². The number of aliphatic hydroxyl groups is 1. The van der Waals surface area contributed by atoms with E-state index in [4.69, 9.17) is 0 Å². The summed E-state index contributed by atoms with van der Waals surface area (Å²) in [6.45, 7) is 4.74. The van der Waals surface area contributed by atoms with E-state index in [9.17, 15) is 24.6 Å². The molecule has 2 N–H and O–H groups in total. The van der Waals surface area contributed by atoms with Crippen molar-refractivity contribution in [3.05, 3.63) is 12.7 Å². The van der Waals surface area contributed by atoms with E-state index in [0.29, 0.717) is 32.4 Å². The lowest BCUT2D eigenvalue weighted by molar-refractivity contribution is -0.148. The van der Waals surface area contributed by atoms with Crippen LogP contribution in [0.3, 0.4) is 0 Å². The molecular formula is C23H34N2O5S. The number of carbonyl (C=O) groups excluding carboxylic acids is 2. The van der Waals surface area contributed by atoms with Gasteiger partial charge in [-0.1, -0.05) is 25.3 Å². The first kappa shape index (κ1) is 22.6. The molecule has 31 heavy (non-hydrogen) atoms. The van der Waals surface area contributed by atoms with Gasteiger partial charge in [0, 0.05) is 31.0 Å². The SMILES string of the molecule is C=CCN(C(=O)C1N(CCCCO)C(=O)[C@@H]2[C@H](C(=O)O)[C@@H]3CCC12S3)C1CCCCC1. The van der Waals surface area contributed by atoms with Crippen LogP contribution in [-0.2, 0) is 14.4 Å². The third-order valence-electron chi connectivity index (χ3n) is 7.75. The van der Waals surface area contributed by atoms with Crippen LogP contribution in [0.5, 0.6) is 0 Å². The van der Waals surface area contributed by atoms with E-state index in [1.807, 2.05) is 4.90 Å². The van der Waals surface area contributed by atoms with Crippen molar-refractivity contribution in [1.29, 1.82) is 0 Å². The van der Waals surface area contributed by atoms with E-state index >= 15 is 0 Å². The molecule has 4 fully saturated rings. The predicted molar refractivity (Wildman–Crippen MR) is 119 cm³/mol. The Labute approximate surface area is 188 Å². The Morgan fingerprint density at radius 1 is 1.23 bits per heavy atom. The van der Waals surface area contributed by atoms with Crippen LogP contribution in [0.1, 0.15) is 57.8 Å². The monoisotopic (exact) mass is 450 g/mol. The number of carbonyl (C=O) groups is 3. The van der Waals surface area contributed by atoms with Gasteiger partial charge in [0.05, 0.1) is 16.6 Å². The molecule has 1 saturated carbocycles. The molecule has 1 spiro atoms. The van der Waals surface area contributed by atoms with Gasteiger partial charge in [-0.3, -0.25) is 14.4 Å². The lowest BCUT2D eigenvalue weighted by Crippen LogP contribution is -2.57. The van der Waals surface area contributed by atoms with Gasteiger partial charge in [0.25, 0.3) is 0 Å². The fourth-order valence-corrected chi connectivity index (χ4v) is 8.66. The van der Waals surface area contributed by atoms with Crippen LogP contribution < -0.4 is 0 Å². The van der Waals surface area contributed by atoms with Crippen molar-refractivity contribution in [2.24, 2.45) is 11.8 Å². The highest BCUT2D eigenvalue weighted by Crippen LogP contribution is 2.66. The zero-order chi connectivity index (χ0) is 22.2. The smallest absolute Gasteiger partial charge is 0.308 e. The van der Waals surface area contributed by atoms with E-state index in [-0.39, 0.29) is 29.7 Å². The number of aliphatic hydroxyl groups excluding tert-OH is 1. The van der Waals surface area contributed by atoms with Gasteiger partial charge in [-0.05, 0) is 38.5 Å². The molecule has 2 amide bonds. The number of carboxylic acids is 1. The normalized spacial score (nSPS) is 34.7. The summed E-state index contributed by atoms with van der Waals surface area (Å²) in [5.41, 5.74) is 0. The molecule has 0 aromatic rings. The number of carboxylic acid groups (broad SMARTS) is 1. The number of rotatable bonds is 9. The average Bonchev–Trinajstić information content (AvgIpc) is 3.40. The number of amides is 2. The number of nitrogens with zero attached hydrogens (tertiary/aromatic N) is 2. The van der Waals surface area contributed by atoms with E-state index in [1.165, 1.54) is 6.42 Å². The Morgan fingerprint density at radius 2 is 1.97 bits per heavy atom. The van der Waals surface area contributed by atoms with Gasteiger partial charge in [-0.15, -0.1) is 18.3 Å². The molecule has 2 bridgehead atoms. The Hall–Kier alpha value is -1.54. The molecule has 8 heteroatoms. The highest BCUT2D eigenvalue weighted by molar-refractivity contribution is 8.02. The second-order valence-electron chi connectivity index (χ2n) is 9.43. The summed E-state index contributed by atoms with van der Waals surface area (Å²) in [7, 11) is 0. The van der Waals surface area contributed by atoms with Crippen molar-refractivity contribution in [1.82, 2.24) is 9.80 Å². The van der Waals surface area contributed by atoms with Crippen molar-refractivity contribution >= 4 is 29.5 Å². The van der Waals surface area contributed by atoms with Crippen LogP contribution in [-0.4, -0.2) is 79.6 Å². The maximum Gasteiger partial charge on any atom is 0.308 e. The highest BCUT2D eigenvalue weighted by atomic mass is 32.2. The summed E-state index contributed by atoms with van der Waals surface area (Å²) < 4.78 is -0.644. The number of hydrogen-bond donors (Lipinski definition) is 2. The Morgan fingerprint density at radius 3 is 2.61 bits per heavy atom. The van der Waals surface area contributed by atoms with Gasteiger partial charge in [0.2, 0.25) is 11.8 Å². The van der Waals surface area contributed by atoms with Crippen LogP contribution in [0.15, 0.2) is 12.7 Å². The molecule has 3 saturated heterocycles. The summed E-state index contributed by atoms with van der Waals surface area (Å²) in [5.74, 6) is -2.48. The average molecular weight is 451 g/mol. The fraction of sp³-hybridized carbons (Fsp3) is 0.783. The summed E-state index contributed by atoms with van der Waals surface area (Å²) in [5, 5.41) is 19.0. The third-order valence-corrected chi connectivity index (χ3v) is 9.70. The Bertz CT molecular complexity index is 739. The Kier molecular flexibility index (Phi) is 6.68. The van der Waals surface area contributed by atoms with Crippen LogP contribution in [0.4, 0.5) is 0 Å². The molecule has 0 radical (unpaired) electrons. The molecule has 7 nitrogen and oxygen atoms in total. The van der Waals surface area contributed by atoms with E-state index in [1.54, 1.807) is 22.7 Å². The van der Waals surface area contributed by atoms with Crippen LogP contribution in [0, 0.1) is 11.8 Å². The molecule has 0 aromatic carbocycles. The zero-order valence-corrected chi connectivity index (χ0v) is 18.9. The summed E-state index contributed by atoms with van der Waals surface area (Å²) in [6.07, 6.45) is 9.68. The minimum atomic E-state index is -0.920. The van der Waals surface area contributed by atoms with Crippen molar-refractivity contribution < 1.29 is 24.6 Å². The minimum absolute atomic E-state index is 0.0362. The summed E-state index contributed by atoms with van der Waals surface area (Å²) in [6, 6.07) is -0.465. The number of unbranched alkanes of at least 4 members (excludes halogenated alkanes) is 1. The summed E-state index contributed by atoms with van der Waals surface area (Å²) in [4.78, 5) is 43.3. The van der Waals surface area contributed by atoms with Crippen LogP contribution in [0.2, 0.25) is 0 Å². The standard InChI is InChI=1S/C23H34N2O5S/c1-2-12-24(15-8-4-3-5-9-15)21(28)19-23-11-10-16(31-23)17(22(29)30)18(23)20(27)25(19)13-6-7-14-26/h2,15-19,26H,1,3-14H2,(H,29,30)/t16-,17+,18-,19?,23?/m0/s1. The largest absolute Gasteiger partial charge is 0.481 e. The number of aliphatic carboxylic acids is 1. The van der Waals surface area contributed by atoms with Crippen molar-refractivity contribution in [3.63, 3.8) is 0 Å². The second-order valence-corrected chi connectivity index (χ2v) is 11.0. The summed E-state index contributed by atoms with van der Waals surface area (Å²) >= 11 is 1.59. The van der Waals surface area contributed by atoms with Gasteiger partial charge in [-0.2, -0.15) is 0 Å². The molecule has 4 rings (SSSR count). The first-order valence-corrected chi connectivity index (χ1v) is 12.6. The maximum atomic E-state index is 14.1.